The molecule has 8 heteroatoms. The fraction of sp³-hybridized carbons (Fsp3) is 0.591. The number of likely N-dealkylation sites (tertiary alicyclic amines) is 1. The van der Waals surface area contributed by atoms with Gasteiger partial charge in [-0.2, -0.15) is 11.8 Å². The van der Waals surface area contributed by atoms with Gasteiger partial charge in [-0.1, -0.05) is 6.07 Å². The molecule has 0 radical (unpaired) electrons. The van der Waals surface area contributed by atoms with Crippen LogP contribution in [-0.2, 0) is 14.4 Å². The van der Waals surface area contributed by atoms with Gasteiger partial charge in [-0.05, 0) is 68.6 Å². The smallest absolute Gasteiger partial charge is 0.313 e. The van der Waals surface area contributed by atoms with Crippen molar-refractivity contribution in [1.29, 1.82) is 0 Å². The molecule has 0 bridgehead atoms. The average Bonchev–Trinajstić information content (AvgIpc) is 3.44. The van der Waals surface area contributed by atoms with E-state index in [1.165, 1.54) is 17.9 Å². The lowest BCUT2D eigenvalue weighted by atomic mass is 9.95. The first-order valence-electron chi connectivity index (χ1n) is 10.9. The fourth-order valence-corrected chi connectivity index (χ4v) is 5.77. The van der Waals surface area contributed by atoms with Crippen molar-refractivity contribution in [3.05, 3.63) is 24.3 Å². The SMILES string of the molecule is O=C(NCC1CCN(C2CCSC2)CC1)C(=O)Nc1cccc(N2CCCC2=O)c1. The van der Waals surface area contributed by atoms with Crippen LogP contribution in [-0.4, -0.2) is 66.3 Å². The predicted octanol–water partition coefficient (Wildman–Crippen LogP) is 2.09. The molecule has 0 saturated carbocycles. The molecule has 1 atom stereocenters. The van der Waals surface area contributed by atoms with Crippen LogP contribution in [0.25, 0.3) is 0 Å². The molecule has 30 heavy (non-hydrogen) atoms. The van der Waals surface area contributed by atoms with Crippen LogP contribution >= 0.6 is 11.8 Å². The fourth-order valence-electron chi connectivity index (χ4n) is 4.51. The van der Waals surface area contributed by atoms with Gasteiger partial charge in [-0.15, -0.1) is 0 Å². The van der Waals surface area contributed by atoms with Crippen LogP contribution in [0.3, 0.4) is 0 Å². The standard InChI is InChI=1S/C22H30N4O3S/c27-20-5-2-9-26(20)18-4-1-3-17(13-18)24-22(29)21(28)23-14-16-6-10-25(11-7-16)19-8-12-30-15-19/h1,3-4,13,16,19H,2,5-12,14-15H2,(H,23,28)(H,24,29). The molecule has 1 aromatic carbocycles. The molecule has 162 valence electrons. The Bertz CT molecular complexity index is 788. The number of nitrogens with zero attached hydrogens (tertiary/aromatic N) is 2. The Kier molecular flexibility index (Phi) is 6.94. The highest BCUT2D eigenvalue weighted by atomic mass is 32.2. The molecule has 4 rings (SSSR count). The van der Waals surface area contributed by atoms with Gasteiger partial charge in [0.05, 0.1) is 0 Å². The normalized spacial score (nSPS) is 23.0. The maximum Gasteiger partial charge on any atom is 0.313 e. The predicted molar refractivity (Wildman–Crippen MR) is 120 cm³/mol. The largest absolute Gasteiger partial charge is 0.348 e. The summed E-state index contributed by atoms with van der Waals surface area (Å²) in [6.07, 6.45) is 4.82. The van der Waals surface area contributed by atoms with Crippen LogP contribution in [0.1, 0.15) is 32.1 Å². The van der Waals surface area contributed by atoms with Crippen molar-refractivity contribution in [2.24, 2.45) is 5.92 Å². The summed E-state index contributed by atoms with van der Waals surface area (Å²) in [6, 6.07) is 7.82. The molecule has 3 amide bonds. The van der Waals surface area contributed by atoms with Gasteiger partial charge in [-0.3, -0.25) is 19.3 Å². The van der Waals surface area contributed by atoms with Gasteiger partial charge >= 0.3 is 11.8 Å². The minimum Gasteiger partial charge on any atom is -0.348 e. The maximum atomic E-state index is 12.3. The summed E-state index contributed by atoms with van der Waals surface area (Å²) >= 11 is 2.04. The third kappa shape index (κ3) is 5.16. The van der Waals surface area contributed by atoms with Crippen molar-refractivity contribution in [1.82, 2.24) is 10.2 Å². The van der Waals surface area contributed by atoms with E-state index >= 15 is 0 Å². The molecule has 3 heterocycles. The van der Waals surface area contributed by atoms with Crippen LogP contribution in [0.2, 0.25) is 0 Å². The number of rotatable bonds is 5. The van der Waals surface area contributed by atoms with E-state index in [9.17, 15) is 14.4 Å². The molecule has 3 aliphatic rings. The van der Waals surface area contributed by atoms with Gasteiger partial charge in [0.25, 0.3) is 0 Å². The molecular formula is C22H30N4O3S. The zero-order valence-electron chi connectivity index (χ0n) is 17.3. The molecule has 3 saturated heterocycles. The summed E-state index contributed by atoms with van der Waals surface area (Å²) in [5.41, 5.74) is 1.28. The van der Waals surface area contributed by atoms with E-state index in [0.29, 0.717) is 31.1 Å². The number of carbonyl (C=O) groups excluding carboxylic acids is 3. The summed E-state index contributed by atoms with van der Waals surface area (Å²) in [4.78, 5) is 40.8. The van der Waals surface area contributed by atoms with Crippen LogP contribution in [0.4, 0.5) is 11.4 Å². The Morgan fingerprint density at radius 3 is 2.63 bits per heavy atom. The van der Waals surface area contributed by atoms with E-state index in [4.69, 9.17) is 0 Å². The highest BCUT2D eigenvalue weighted by Crippen LogP contribution is 2.27. The lowest BCUT2D eigenvalue weighted by Crippen LogP contribution is -2.45. The summed E-state index contributed by atoms with van der Waals surface area (Å²) in [6.45, 7) is 3.40. The first kappa shape index (κ1) is 21.2. The van der Waals surface area contributed by atoms with Crippen molar-refractivity contribution < 1.29 is 14.4 Å². The molecule has 3 fully saturated rings. The zero-order chi connectivity index (χ0) is 20.9. The van der Waals surface area contributed by atoms with E-state index in [0.717, 1.165) is 44.1 Å². The van der Waals surface area contributed by atoms with Crippen LogP contribution in [0.5, 0.6) is 0 Å². The van der Waals surface area contributed by atoms with Gasteiger partial charge in [-0.25, -0.2) is 0 Å². The lowest BCUT2D eigenvalue weighted by molar-refractivity contribution is -0.136. The zero-order valence-corrected chi connectivity index (χ0v) is 18.1. The van der Waals surface area contributed by atoms with E-state index in [2.05, 4.69) is 15.5 Å². The van der Waals surface area contributed by atoms with Crippen molar-refractivity contribution in [3.63, 3.8) is 0 Å². The first-order chi connectivity index (χ1) is 14.6. The van der Waals surface area contributed by atoms with Crippen molar-refractivity contribution in [3.8, 4) is 0 Å². The average molecular weight is 431 g/mol. The van der Waals surface area contributed by atoms with E-state index in [-0.39, 0.29) is 5.91 Å². The number of amides is 3. The second-order valence-corrected chi connectivity index (χ2v) is 9.51. The van der Waals surface area contributed by atoms with E-state index in [1.807, 2.05) is 17.8 Å². The number of carbonyl (C=O) groups is 3. The number of anilines is 2. The minimum atomic E-state index is -0.666. The molecule has 1 unspecified atom stereocenters. The Morgan fingerprint density at radius 2 is 1.93 bits per heavy atom. The third-order valence-electron chi connectivity index (χ3n) is 6.32. The molecule has 0 aliphatic carbocycles. The minimum absolute atomic E-state index is 0.0916. The number of benzene rings is 1. The summed E-state index contributed by atoms with van der Waals surface area (Å²) in [5, 5.41) is 5.45. The van der Waals surface area contributed by atoms with Gasteiger partial charge in [0.15, 0.2) is 0 Å². The van der Waals surface area contributed by atoms with Crippen LogP contribution in [0.15, 0.2) is 24.3 Å². The van der Waals surface area contributed by atoms with Gasteiger partial charge in [0, 0.05) is 42.7 Å². The second-order valence-electron chi connectivity index (χ2n) is 8.36. The molecule has 7 nitrogen and oxygen atoms in total. The van der Waals surface area contributed by atoms with Gasteiger partial charge < -0.3 is 15.5 Å². The molecule has 2 N–H and O–H groups in total. The second kappa shape index (κ2) is 9.83. The molecule has 1 aromatic rings. The van der Waals surface area contributed by atoms with Crippen molar-refractivity contribution in [2.45, 2.75) is 38.1 Å². The highest BCUT2D eigenvalue weighted by molar-refractivity contribution is 7.99. The number of thioether (sulfide) groups is 1. The molecular weight excluding hydrogens is 400 g/mol. The molecule has 0 spiro atoms. The first-order valence-corrected chi connectivity index (χ1v) is 12.1. The Hall–Kier alpha value is -2.06. The third-order valence-corrected chi connectivity index (χ3v) is 7.46. The van der Waals surface area contributed by atoms with Gasteiger partial charge in [0.1, 0.15) is 0 Å². The van der Waals surface area contributed by atoms with Crippen LogP contribution in [0, 0.1) is 5.92 Å². The maximum absolute atomic E-state index is 12.3. The Balaban J connectivity index is 1.22. The summed E-state index contributed by atoms with van der Waals surface area (Å²) in [7, 11) is 0. The lowest BCUT2D eigenvalue weighted by Gasteiger charge is -2.35. The quantitative estimate of drug-likeness (QED) is 0.699. The Labute approximate surface area is 181 Å². The Morgan fingerprint density at radius 1 is 1.10 bits per heavy atom. The summed E-state index contributed by atoms with van der Waals surface area (Å²) < 4.78 is 0. The monoisotopic (exact) mass is 430 g/mol. The number of nitrogens with one attached hydrogen (secondary N) is 2. The topological polar surface area (TPSA) is 81.8 Å². The van der Waals surface area contributed by atoms with Crippen molar-refractivity contribution in [2.75, 3.05) is 47.9 Å². The highest BCUT2D eigenvalue weighted by Gasteiger charge is 2.28. The summed E-state index contributed by atoms with van der Waals surface area (Å²) in [5.74, 6) is 1.76. The van der Waals surface area contributed by atoms with E-state index < -0.39 is 11.8 Å². The molecule has 3 aliphatic heterocycles. The van der Waals surface area contributed by atoms with Crippen molar-refractivity contribution >= 4 is 40.9 Å². The number of piperidine rings is 1. The van der Waals surface area contributed by atoms with E-state index in [1.54, 1.807) is 23.1 Å². The van der Waals surface area contributed by atoms with Gasteiger partial charge in [0.2, 0.25) is 5.91 Å². The molecule has 0 aromatic heterocycles. The number of hydrogen-bond acceptors (Lipinski definition) is 5. The number of hydrogen-bond donors (Lipinski definition) is 2. The van der Waals surface area contributed by atoms with Crippen LogP contribution < -0.4 is 15.5 Å².